The molecule has 0 fully saturated rings. The molecule has 0 radical (unpaired) electrons. The molecule has 0 atom stereocenters. The number of hydrogen-bond donors (Lipinski definition) is 1. The van der Waals surface area contributed by atoms with E-state index in [2.05, 4.69) is 15.5 Å². The van der Waals surface area contributed by atoms with Crippen LogP contribution in [0.1, 0.15) is 6.92 Å². The van der Waals surface area contributed by atoms with E-state index in [1.807, 2.05) is 13.2 Å². The first-order chi connectivity index (χ1) is 4.66. The van der Waals surface area contributed by atoms with Gasteiger partial charge in [0.25, 0.3) is 0 Å². The first kappa shape index (κ1) is 9.29. The number of carbonyl (C=O) groups is 1. The second-order valence-electron chi connectivity index (χ2n) is 1.47. The molecule has 0 aromatic carbocycles. The highest BCUT2D eigenvalue weighted by Crippen LogP contribution is 1.95. The van der Waals surface area contributed by atoms with Crippen LogP contribution < -0.4 is 5.73 Å². The van der Waals surface area contributed by atoms with Crippen LogP contribution in [-0.2, 0) is 4.74 Å². The first-order valence-electron chi connectivity index (χ1n) is 2.64. The van der Waals surface area contributed by atoms with Gasteiger partial charge in [-0.15, -0.1) is 11.8 Å². The number of hydrogen-bond acceptors (Lipinski definition) is 4. The van der Waals surface area contributed by atoms with Gasteiger partial charge in [-0.25, -0.2) is 9.79 Å². The van der Waals surface area contributed by atoms with Gasteiger partial charge in [-0.1, -0.05) is 0 Å². The Bertz CT molecular complexity index is 147. The minimum absolute atomic E-state index is 0.0159. The summed E-state index contributed by atoms with van der Waals surface area (Å²) < 4.78 is 4.35. The highest BCUT2D eigenvalue weighted by molar-refractivity contribution is 8.13. The van der Waals surface area contributed by atoms with Crippen molar-refractivity contribution in [2.45, 2.75) is 6.92 Å². The van der Waals surface area contributed by atoms with Gasteiger partial charge in [0.1, 0.15) is 0 Å². The Labute approximate surface area is 63.8 Å². The standard InChI is InChI=1S/C5H10N2O2S/c1-4(10-2)7-3-9-5(6)8/h3H2,1-2H3,(H2,6,8). The fourth-order valence-electron chi connectivity index (χ4n) is 0.251. The average Bonchev–Trinajstić information content (AvgIpc) is 1.87. The number of rotatable bonds is 2. The van der Waals surface area contributed by atoms with Crippen molar-refractivity contribution < 1.29 is 9.53 Å². The van der Waals surface area contributed by atoms with Crippen LogP contribution in [0.5, 0.6) is 0 Å². The van der Waals surface area contributed by atoms with Crippen molar-refractivity contribution in [3.05, 3.63) is 0 Å². The van der Waals surface area contributed by atoms with E-state index in [-0.39, 0.29) is 6.73 Å². The van der Waals surface area contributed by atoms with E-state index in [1.165, 1.54) is 11.8 Å². The Balaban J connectivity index is 3.43. The average molecular weight is 162 g/mol. The summed E-state index contributed by atoms with van der Waals surface area (Å²) in [5.74, 6) is 0. The molecule has 0 spiro atoms. The lowest BCUT2D eigenvalue weighted by Gasteiger charge is -1.95. The zero-order valence-electron chi connectivity index (χ0n) is 5.96. The summed E-state index contributed by atoms with van der Waals surface area (Å²) in [6.45, 7) is 1.84. The van der Waals surface area contributed by atoms with Gasteiger partial charge in [-0.3, -0.25) is 0 Å². The fraction of sp³-hybridized carbons (Fsp3) is 0.600. The van der Waals surface area contributed by atoms with E-state index < -0.39 is 6.09 Å². The topological polar surface area (TPSA) is 64.7 Å². The van der Waals surface area contributed by atoms with Crippen LogP contribution in [0.25, 0.3) is 0 Å². The molecule has 0 bridgehead atoms. The fourth-order valence-corrected chi connectivity index (χ4v) is 0.433. The second kappa shape index (κ2) is 5.10. The highest BCUT2D eigenvalue weighted by atomic mass is 32.2. The van der Waals surface area contributed by atoms with Gasteiger partial charge >= 0.3 is 6.09 Å². The zero-order valence-corrected chi connectivity index (χ0v) is 6.77. The molecular weight excluding hydrogens is 152 g/mol. The van der Waals surface area contributed by atoms with Crippen LogP contribution in [0.4, 0.5) is 4.79 Å². The molecule has 0 rings (SSSR count). The van der Waals surface area contributed by atoms with Crippen molar-refractivity contribution in [2.24, 2.45) is 10.7 Å². The number of thioether (sulfide) groups is 1. The molecule has 0 saturated heterocycles. The van der Waals surface area contributed by atoms with Crippen molar-refractivity contribution in [3.8, 4) is 0 Å². The SMILES string of the molecule is CSC(C)=NCOC(N)=O. The molecule has 0 heterocycles. The lowest BCUT2D eigenvalue weighted by Crippen LogP contribution is -2.13. The third-order valence-electron chi connectivity index (χ3n) is 0.789. The van der Waals surface area contributed by atoms with Gasteiger partial charge in [-0.05, 0) is 13.2 Å². The van der Waals surface area contributed by atoms with Crippen LogP contribution in [0.15, 0.2) is 4.99 Å². The molecule has 0 saturated carbocycles. The Kier molecular flexibility index (Phi) is 4.74. The molecular formula is C5H10N2O2S. The third-order valence-corrected chi connectivity index (χ3v) is 1.51. The van der Waals surface area contributed by atoms with E-state index in [9.17, 15) is 4.79 Å². The Hall–Kier alpha value is -0.710. The summed E-state index contributed by atoms with van der Waals surface area (Å²) >= 11 is 1.49. The highest BCUT2D eigenvalue weighted by Gasteiger charge is 1.89. The summed E-state index contributed by atoms with van der Waals surface area (Å²) in [6.07, 6.45) is 1.10. The molecule has 4 nitrogen and oxygen atoms in total. The summed E-state index contributed by atoms with van der Waals surface area (Å²) in [7, 11) is 0. The molecule has 10 heavy (non-hydrogen) atoms. The van der Waals surface area contributed by atoms with Crippen LogP contribution in [0, 0.1) is 0 Å². The van der Waals surface area contributed by atoms with E-state index >= 15 is 0 Å². The Morgan fingerprint density at radius 3 is 2.80 bits per heavy atom. The number of aliphatic imine (C=N–C) groups is 1. The molecule has 0 aromatic rings. The van der Waals surface area contributed by atoms with Crippen molar-refractivity contribution in [2.75, 3.05) is 13.0 Å². The van der Waals surface area contributed by atoms with Crippen molar-refractivity contribution in [1.29, 1.82) is 0 Å². The normalized spacial score (nSPS) is 11.2. The van der Waals surface area contributed by atoms with Crippen LogP contribution >= 0.6 is 11.8 Å². The van der Waals surface area contributed by atoms with E-state index in [4.69, 9.17) is 0 Å². The lowest BCUT2D eigenvalue weighted by molar-refractivity contribution is 0.160. The second-order valence-corrected chi connectivity index (χ2v) is 2.47. The van der Waals surface area contributed by atoms with Gasteiger partial charge in [0.05, 0.1) is 5.04 Å². The van der Waals surface area contributed by atoms with Crippen molar-refractivity contribution in [3.63, 3.8) is 0 Å². The minimum atomic E-state index is -0.794. The van der Waals surface area contributed by atoms with E-state index in [0.717, 1.165) is 5.04 Å². The quantitative estimate of drug-likeness (QED) is 0.483. The van der Waals surface area contributed by atoms with Crippen LogP contribution in [0.3, 0.4) is 0 Å². The maximum Gasteiger partial charge on any atom is 0.406 e. The Morgan fingerprint density at radius 1 is 1.80 bits per heavy atom. The lowest BCUT2D eigenvalue weighted by atomic mass is 10.9. The predicted molar refractivity (Wildman–Crippen MR) is 42.2 cm³/mol. The maximum atomic E-state index is 9.99. The van der Waals surface area contributed by atoms with Gasteiger partial charge in [0.2, 0.25) is 0 Å². The summed E-state index contributed by atoms with van der Waals surface area (Å²) in [5, 5.41) is 0.862. The molecule has 0 aromatic heterocycles. The minimum Gasteiger partial charge on any atom is -0.426 e. The van der Waals surface area contributed by atoms with Gasteiger partial charge in [0, 0.05) is 0 Å². The summed E-state index contributed by atoms with van der Waals surface area (Å²) in [5.41, 5.74) is 4.68. The summed E-state index contributed by atoms with van der Waals surface area (Å²) in [4.78, 5) is 13.8. The molecule has 0 aliphatic rings. The molecule has 0 aliphatic heterocycles. The Morgan fingerprint density at radius 2 is 2.40 bits per heavy atom. The largest absolute Gasteiger partial charge is 0.426 e. The van der Waals surface area contributed by atoms with Gasteiger partial charge < -0.3 is 10.5 Å². The molecule has 1 amide bonds. The number of ether oxygens (including phenoxy) is 1. The smallest absolute Gasteiger partial charge is 0.406 e. The van der Waals surface area contributed by atoms with Crippen molar-refractivity contribution >= 4 is 22.9 Å². The molecule has 58 valence electrons. The first-order valence-corrected chi connectivity index (χ1v) is 3.86. The predicted octanol–water partition coefficient (Wildman–Crippen LogP) is 0.821. The van der Waals surface area contributed by atoms with Gasteiger partial charge in [0.15, 0.2) is 6.73 Å². The monoisotopic (exact) mass is 162 g/mol. The van der Waals surface area contributed by atoms with E-state index in [0.29, 0.717) is 0 Å². The molecule has 0 unspecified atom stereocenters. The molecule has 0 aliphatic carbocycles. The summed E-state index contributed by atoms with van der Waals surface area (Å²) in [6, 6.07) is 0. The third kappa shape index (κ3) is 5.43. The maximum absolute atomic E-state index is 9.99. The van der Waals surface area contributed by atoms with Crippen LogP contribution in [0.2, 0.25) is 0 Å². The number of carbonyl (C=O) groups excluding carboxylic acids is 1. The number of primary amides is 1. The van der Waals surface area contributed by atoms with Crippen molar-refractivity contribution in [1.82, 2.24) is 0 Å². The molecule has 5 heteroatoms. The van der Waals surface area contributed by atoms with E-state index in [1.54, 1.807) is 0 Å². The zero-order chi connectivity index (χ0) is 7.98. The number of nitrogens with two attached hydrogens (primary N) is 1. The number of nitrogens with zero attached hydrogens (tertiary/aromatic N) is 1. The van der Waals surface area contributed by atoms with Gasteiger partial charge in [-0.2, -0.15) is 0 Å². The number of amides is 1. The molecule has 2 N–H and O–H groups in total. The van der Waals surface area contributed by atoms with Crippen LogP contribution in [-0.4, -0.2) is 24.1 Å².